The van der Waals surface area contributed by atoms with Crippen LogP contribution in [0.4, 0.5) is 23.0 Å². The Hall–Kier alpha value is -5.49. The Bertz CT molecular complexity index is 1990. The van der Waals surface area contributed by atoms with E-state index in [4.69, 9.17) is 15.9 Å². The van der Waals surface area contributed by atoms with Gasteiger partial charge >= 0.3 is 0 Å². The van der Waals surface area contributed by atoms with Crippen LogP contribution in [0.15, 0.2) is 59.5 Å². The van der Waals surface area contributed by atoms with E-state index in [1.807, 2.05) is 19.1 Å². The molecule has 17 heteroatoms. The number of likely N-dealkylation sites (N-methyl/N-ethyl adjacent to an activating group) is 3. The van der Waals surface area contributed by atoms with Crippen molar-refractivity contribution in [3.05, 3.63) is 76.3 Å². The van der Waals surface area contributed by atoms with Crippen molar-refractivity contribution < 1.29 is 14.3 Å². The van der Waals surface area contributed by atoms with E-state index in [1.54, 1.807) is 36.4 Å². The smallest absolute Gasteiger partial charge is 0.280 e. The second-order valence-electron chi connectivity index (χ2n) is 14.5. The number of amides is 2. The van der Waals surface area contributed by atoms with Crippen LogP contribution < -0.4 is 27.2 Å². The minimum Gasteiger partial charge on any atom is -0.475 e. The Morgan fingerprint density at radius 2 is 1.31 bits per heavy atom. The molecule has 0 saturated carbocycles. The standard InChI is InChI=1S/C41H59N13O4/c1-5-51-18-20-52(6-2)22-24-54(25-23-53(7-3)21-19-51)28-36(56)47-33-15-13-32(14-16-33)46-35(55)17-8-29(4)58-38(42)30-9-11-31(12-10-30)44-26-34-27-45-39-37(48-34)40(57)50-41(43)49-39/h9-16,27,29,42,44H,5-8,17-26,28H2,1-4H3,(H,46,55)(H,47,56)(H3,43,45,49,50,57). The van der Waals surface area contributed by atoms with E-state index < -0.39 is 5.56 Å². The maximum Gasteiger partial charge on any atom is 0.280 e. The first-order chi connectivity index (χ1) is 28.0. The molecule has 1 saturated heterocycles. The maximum atomic E-state index is 13.2. The van der Waals surface area contributed by atoms with E-state index >= 15 is 0 Å². The molecule has 1 aliphatic heterocycles. The van der Waals surface area contributed by atoms with E-state index in [2.05, 4.69) is 76.3 Å². The van der Waals surface area contributed by atoms with Crippen LogP contribution >= 0.6 is 0 Å². The molecular formula is C41H59N13O4. The molecule has 2 amide bonds. The number of nitrogens with zero attached hydrogens (tertiary/aromatic N) is 7. The van der Waals surface area contributed by atoms with Crippen LogP contribution in [0.25, 0.3) is 11.2 Å². The van der Waals surface area contributed by atoms with E-state index in [0.717, 1.165) is 77.7 Å². The van der Waals surface area contributed by atoms with Crippen molar-refractivity contribution in [3.8, 4) is 0 Å². The van der Waals surface area contributed by atoms with E-state index in [9.17, 15) is 14.4 Å². The maximum absolute atomic E-state index is 13.2. The molecule has 1 aliphatic rings. The number of benzene rings is 2. The molecular weight excluding hydrogens is 739 g/mol. The van der Waals surface area contributed by atoms with E-state index in [-0.39, 0.29) is 47.3 Å². The number of aromatic nitrogens is 4. The molecule has 1 atom stereocenters. The summed E-state index contributed by atoms with van der Waals surface area (Å²) in [6.07, 6.45) is 1.78. The van der Waals surface area contributed by atoms with Gasteiger partial charge in [0, 0.05) is 81.4 Å². The lowest BCUT2D eigenvalue weighted by molar-refractivity contribution is -0.118. The van der Waals surface area contributed by atoms with Gasteiger partial charge in [0.25, 0.3) is 5.56 Å². The molecule has 0 aliphatic carbocycles. The van der Waals surface area contributed by atoms with Gasteiger partial charge in [-0.25, -0.2) is 9.97 Å². The highest BCUT2D eigenvalue weighted by Crippen LogP contribution is 2.17. The van der Waals surface area contributed by atoms with Crippen molar-refractivity contribution in [2.75, 3.05) is 100 Å². The number of fused-ring (bicyclic) bond motifs is 1. The van der Waals surface area contributed by atoms with Gasteiger partial charge < -0.3 is 41.1 Å². The molecule has 312 valence electrons. The summed E-state index contributed by atoms with van der Waals surface area (Å²) in [5.74, 6) is -0.247. The number of hydrogen-bond donors (Lipinski definition) is 6. The average Bonchev–Trinajstić information content (AvgIpc) is 3.21. The highest BCUT2D eigenvalue weighted by molar-refractivity contribution is 5.94. The number of ether oxygens (including phenoxy) is 1. The van der Waals surface area contributed by atoms with Crippen LogP contribution in [0.5, 0.6) is 0 Å². The number of nitrogens with two attached hydrogens (primary N) is 1. The molecule has 1 fully saturated rings. The summed E-state index contributed by atoms with van der Waals surface area (Å²) in [7, 11) is 0. The number of rotatable bonds is 15. The van der Waals surface area contributed by atoms with Crippen LogP contribution in [-0.4, -0.2) is 142 Å². The second kappa shape index (κ2) is 21.9. The fourth-order valence-corrected chi connectivity index (χ4v) is 6.60. The molecule has 1 unspecified atom stereocenters. The topological polar surface area (TPSA) is 214 Å². The quantitative estimate of drug-likeness (QED) is 0.0754. The number of nitrogens with one attached hydrogen (secondary N) is 5. The summed E-state index contributed by atoms with van der Waals surface area (Å²) in [5.41, 5.74) is 8.62. The Morgan fingerprint density at radius 1 is 0.793 bits per heavy atom. The molecule has 0 radical (unpaired) electrons. The number of hydrogen-bond acceptors (Lipinski definition) is 14. The third-order valence-corrected chi connectivity index (χ3v) is 10.3. The minimum absolute atomic E-state index is 0.000895. The van der Waals surface area contributed by atoms with Gasteiger partial charge in [-0.2, -0.15) is 4.98 Å². The molecule has 7 N–H and O–H groups in total. The monoisotopic (exact) mass is 797 g/mol. The molecule has 2 aromatic heterocycles. The summed E-state index contributed by atoms with van der Waals surface area (Å²) >= 11 is 0. The zero-order valence-electron chi connectivity index (χ0n) is 34.2. The van der Waals surface area contributed by atoms with Crippen LogP contribution in [0.2, 0.25) is 0 Å². The van der Waals surface area contributed by atoms with Crippen LogP contribution in [0.3, 0.4) is 0 Å². The van der Waals surface area contributed by atoms with Gasteiger partial charge in [-0.3, -0.25) is 29.7 Å². The first kappa shape index (κ1) is 43.6. The van der Waals surface area contributed by atoms with Crippen molar-refractivity contribution in [2.45, 2.75) is 53.2 Å². The second-order valence-corrected chi connectivity index (χ2v) is 14.5. The van der Waals surface area contributed by atoms with Crippen LogP contribution in [0, 0.1) is 5.41 Å². The Kier molecular flexibility index (Phi) is 16.5. The highest BCUT2D eigenvalue weighted by Gasteiger charge is 2.18. The Morgan fingerprint density at radius 3 is 1.86 bits per heavy atom. The lowest BCUT2D eigenvalue weighted by Crippen LogP contribution is -2.47. The Labute approximate surface area is 340 Å². The molecule has 4 aromatic rings. The zero-order valence-corrected chi connectivity index (χ0v) is 34.2. The number of anilines is 4. The third-order valence-electron chi connectivity index (χ3n) is 10.3. The number of carbonyl (C=O) groups excluding carboxylic acids is 2. The average molecular weight is 798 g/mol. The largest absolute Gasteiger partial charge is 0.475 e. The summed E-state index contributed by atoms with van der Waals surface area (Å²) < 4.78 is 5.81. The number of aromatic amines is 1. The fraction of sp³-hybridized carbons (Fsp3) is 0.488. The number of nitrogen functional groups attached to an aromatic ring is 1. The van der Waals surface area contributed by atoms with Gasteiger partial charge in [-0.15, -0.1) is 0 Å². The summed E-state index contributed by atoms with van der Waals surface area (Å²) in [6, 6.07) is 14.3. The molecule has 58 heavy (non-hydrogen) atoms. The van der Waals surface area contributed by atoms with E-state index in [1.165, 1.54) is 6.20 Å². The molecule has 5 rings (SSSR count). The van der Waals surface area contributed by atoms with Crippen molar-refractivity contribution in [2.24, 2.45) is 0 Å². The molecule has 0 spiro atoms. The minimum atomic E-state index is -0.454. The normalized spacial score (nSPS) is 15.9. The van der Waals surface area contributed by atoms with Gasteiger partial charge in [0.15, 0.2) is 11.2 Å². The molecule has 17 nitrogen and oxygen atoms in total. The predicted molar refractivity (Wildman–Crippen MR) is 229 cm³/mol. The summed E-state index contributed by atoms with van der Waals surface area (Å²) in [4.78, 5) is 62.7. The predicted octanol–water partition coefficient (Wildman–Crippen LogP) is 3.28. The third kappa shape index (κ3) is 13.6. The van der Waals surface area contributed by atoms with Crippen molar-refractivity contribution in [3.63, 3.8) is 0 Å². The number of H-pyrrole nitrogens is 1. The van der Waals surface area contributed by atoms with E-state index in [0.29, 0.717) is 42.1 Å². The fourth-order valence-electron chi connectivity index (χ4n) is 6.60. The summed E-state index contributed by atoms with van der Waals surface area (Å²) in [6.45, 7) is 19.8. The zero-order chi connectivity index (χ0) is 41.4. The van der Waals surface area contributed by atoms with Crippen molar-refractivity contribution >= 4 is 51.9 Å². The van der Waals surface area contributed by atoms with Crippen LogP contribution in [-0.2, 0) is 20.9 Å². The van der Waals surface area contributed by atoms with Gasteiger partial charge in [-0.05, 0) is 81.5 Å². The molecule has 2 aromatic carbocycles. The lowest BCUT2D eigenvalue weighted by Gasteiger charge is -2.33. The first-order valence-electron chi connectivity index (χ1n) is 20.2. The van der Waals surface area contributed by atoms with Gasteiger partial charge in [-0.1, -0.05) is 20.8 Å². The van der Waals surface area contributed by atoms with Crippen molar-refractivity contribution in [1.82, 2.24) is 39.5 Å². The highest BCUT2D eigenvalue weighted by atomic mass is 16.5. The van der Waals surface area contributed by atoms with Gasteiger partial charge in [0.2, 0.25) is 23.7 Å². The van der Waals surface area contributed by atoms with Gasteiger partial charge in [0.1, 0.15) is 0 Å². The summed E-state index contributed by atoms with van der Waals surface area (Å²) in [5, 5.41) is 17.6. The molecule has 3 heterocycles. The Balaban J connectivity index is 1.02. The lowest BCUT2D eigenvalue weighted by atomic mass is 10.1. The van der Waals surface area contributed by atoms with Crippen LogP contribution in [0.1, 0.15) is 51.8 Å². The SMILES string of the molecule is CCN1CCN(CC)CCN(CC(=O)Nc2ccc(NC(=O)CCC(C)OC(=N)c3ccc(NCc4cnc5nc(N)[nH]c(=O)c5n4)cc3)cc2)CCN(CC)CC1. The first-order valence-corrected chi connectivity index (χ1v) is 20.2. The van der Waals surface area contributed by atoms with Crippen molar-refractivity contribution in [1.29, 1.82) is 5.41 Å². The number of carbonyl (C=O) groups is 2. The van der Waals surface area contributed by atoms with Gasteiger partial charge in [0.05, 0.1) is 31.1 Å². The molecule has 0 bridgehead atoms.